The van der Waals surface area contributed by atoms with Gasteiger partial charge in [-0.05, 0) is 30.3 Å². The molecule has 0 aliphatic rings. The van der Waals surface area contributed by atoms with Crippen LogP contribution in [0.25, 0.3) is 0 Å². The maximum Gasteiger partial charge on any atom is 1.00 e. The second kappa shape index (κ2) is 8.45. The first-order valence-corrected chi connectivity index (χ1v) is 7.99. The summed E-state index contributed by atoms with van der Waals surface area (Å²) in [6.45, 7) is 0. The monoisotopic (exact) mass is 410 g/mol. The predicted octanol–water partition coefficient (Wildman–Crippen LogP) is -1.18. The molecule has 12 heteroatoms. The van der Waals surface area contributed by atoms with Crippen LogP contribution in [0.1, 0.15) is 10.4 Å². The number of hydrogen-bond donors (Lipinski definition) is 2. The molecule has 2 rings (SSSR count). The Balaban J connectivity index is 0.00000312. The Morgan fingerprint density at radius 1 is 1.20 bits per heavy atom. The number of hydrogen-bond acceptors (Lipinski definition) is 6. The summed E-state index contributed by atoms with van der Waals surface area (Å²) in [5.74, 6) is -2.33. The summed E-state index contributed by atoms with van der Waals surface area (Å²) in [4.78, 5) is 20.3. The molecule has 0 amide bonds. The van der Waals surface area contributed by atoms with E-state index in [1.807, 2.05) is 4.72 Å². The van der Waals surface area contributed by atoms with Gasteiger partial charge in [0.25, 0.3) is 15.7 Å². The molecule has 0 aliphatic heterocycles. The minimum atomic E-state index is -4.24. The number of anilines is 1. The maximum absolute atomic E-state index is 12.2. The molecule has 0 radical (unpaired) electrons. The topological polar surface area (TPSA) is 150 Å². The fourth-order valence-electron chi connectivity index (χ4n) is 1.78. The third kappa shape index (κ3) is 5.14. The van der Waals surface area contributed by atoms with Crippen LogP contribution in [0, 0.1) is 10.1 Å². The number of halogens is 1. The van der Waals surface area contributed by atoms with Crippen molar-refractivity contribution in [3.8, 4) is 5.75 Å². The standard InChI is InChI=1S/C13H9ClN2O7S.K/c14-10-4-2-8(6-11(10)16(20)21)24(22,23)15-7-1-3-9(13(18)19)12(17)5-7;/h1-6,15,17H,(H,18,19);/q;+1/p-1. The third-order valence-electron chi connectivity index (χ3n) is 2.89. The second-order valence-electron chi connectivity index (χ2n) is 4.49. The summed E-state index contributed by atoms with van der Waals surface area (Å²) in [6.07, 6.45) is 0. The summed E-state index contributed by atoms with van der Waals surface area (Å²) in [6, 6.07) is 5.72. The molecule has 0 bridgehead atoms. The Bertz CT molecular complexity index is 949. The van der Waals surface area contributed by atoms with Gasteiger partial charge in [-0.3, -0.25) is 14.8 Å². The van der Waals surface area contributed by atoms with Crippen LogP contribution in [0.15, 0.2) is 41.3 Å². The molecule has 2 aromatic carbocycles. The minimum absolute atomic E-state index is 0. The van der Waals surface area contributed by atoms with Crippen molar-refractivity contribution < 1.29 is 79.7 Å². The summed E-state index contributed by atoms with van der Waals surface area (Å²) < 4.78 is 26.5. The zero-order chi connectivity index (χ0) is 18.1. The van der Waals surface area contributed by atoms with E-state index in [0.29, 0.717) is 0 Å². The molecule has 0 saturated heterocycles. The van der Waals surface area contributed by atoms with Crippen molar-refractivity contribution in [2.24, 2.45) is 0 Å². The van der Waals surface area contributed by atoms with Crippen molar-refractivity contribution in [1.29, 1.82) is 0 Å². The molecular formula is C13H8ClKN2O7S. The van der Waals surface area contributed by atoms with E-state index in [-0.39, 0.29) is 62.1 Å². The Labute approximate surface area is 189 Å². The number of nitro benzene ring substituents is 1. The van der Waals surface area contributed by atoms with Gasteiger partial charge in [0.05, 0.1) is 15.4 Å². The van der Waals surface area contributed by atoms with E-state index in [0.717, 1.165) is 36.4 Å². The van der Waals surface area contributed by atoms with E-state index in [4.69, 9.17) is 16.7 Å². The van der Waals surface area contributed by atoms with Gasteiger partial charge in [0.15, 0.2) is 0 Å². The Morgan fingerprint density at radius 3 is 2.36 bits per heavy atom. The van der Waals surface area contributed by atoms with Crippen LogP contribution in [0.2, 0.25) is 5.02 Å². The van der Waals surface area contributed by atoms with E-state index in [1.54, 1.807) is 0 Å². The first kappa shape index (κ1) is 21.8. The van der Waals surface area contributed by atoms with E-state index >= 15 is 0 Å². The number of nitrogens with one attached hydrogen (secondary N) is 1. The fraction of sp³-hybridized carbons (Fsp3) is 0. The Morgan fingerprint density at radius 2 is 1.84 bits per heavy atom. The minimum Gasteiger partial charge on any atom is -0.872 e. The summed E-state index contributed by atoms with van der Waals surface area (Å²) in [5.41, 5.74) is -1.28. The van der Waals surface area contributed by atoms with Crippen molar-refractivity contribution in [3.63, 3.8) is 0 Å². The van der Waals surface area contributed by atoms with Crippen LogP contribution in [0.5, 0.6) is 5.75 Å². The van der Waals surface area contributed by atoms with Gasteiger partial charge in [0.2, 0.25) is 0 Å². The van der Waals surface area contributed by atoms with Crippen LogP contribution in [-0.2, 0) is 10.0 Å². The molecule has 126 valence electrons. The number of nitrogens with zero attached hydrogens (tertiary/aromatic N) is 1. The first-order valence-electron chi connectivity index (χ1n) is 6.13. The smallest absolute Gasteiger partial charge is 0.872 e. The van der Waals surface area contributed by atoms with Crippen molar-refractivity contribution in [3.05, 3.63) is 57.1 Å². The largest absolute Gasteiger partial charge is 1.00 e. The van der Waals surface area contributed by atoms with Crippen molar-refractivity contribution >= 4 is 39.0 Å². The predicted molar refractivity (Wildman–Crippen MR) is 81.8 cm³/mol. The van der Waals surface area contributed by atoms with Gasteiger partial charge in [-0.25, -0.2) is 13.2 Å². The molecule has 0 aliphatic carbocycles. The number of sulfonamides is 1. The molecule has 2 N–H and O–H groups in total. The normalized spacial score (nSPS) is 10.6. The molecule has 0 unspecified atom stereocenters. The number of nitro groups is 1. The number of rotatable bonds is 5. The quantitative estimate of drug-likeness (QED) is 0.358. The summed E-state index contributed by atoms with van der Waals surface area (Å²) in [5, 5.41) is 30.9. The SMILES string of the molecule is O=C(O)c1ccc(NS(=O)(=O)c2ccc(Cl)c([N+](=O)[O-])c2)cc1[O-].[K+]. The molecular weight excluding hydrogens is 403 g/mol. The molecule has 0 heterocycles. The van der Waals surface area contributed by atoms with Crippen LogP contribution < -0.4 is 61.2 Å². The van der Waals surface area contributed by atoms with Gasteiger partial charge in [0.1, 0.15) is 5.02 Å². The third-order valence-corrected chi connectivity index (χ3v) is 4.59. The van der Waals surface area contributed by atoms with Gasteiger partial charge in [-0.1, -0.05) is 17.4 Å². The summed E-state index contributed by atoms with van der Waals surface area (Å²) >= 11 is 5.62. The average molecular weight is 411 g/mol. The molecule has 2 aromatic rings. The van der Waals surface area contributed by atoms with Gasteiger partial charge in [-0.2, -0.15) is 0 Å². The van der Waals surface area contributed by atoms with E-state index in [9.17, 15) is 28.4 Å². The summed E-state index contributed by atoms with van der Waals surface area (Å²) in [7, 11) is -4.24. The van der Waals surface area contributed by atoms with Crippen molar-refractivity contribution in [1.82, 2.24) is 0 Å². The number of carboxylic acid groups (broad SMARTS) is 1. The van der Waals surface area contributed by atoms with Crippen LogP contribution in [-0.4, -0.2) is 24.4 Å². The zero-order valence-electron chi connectivity index (χ0n) is 12.6. The van der Waals surface area contributed by atoms with Crippen LogP contribution in [0.3, 0.4) is 0 Å². The number of benzene rings is 2. The van der Waals surface area contributed by atoms with Gasteiger partial charge in [0, 0.05) is 11.8 Å². The second-order valence-corrected chi connectivity index (χ2v) is 6.58. The average Bonchev–Trinajstić information content (AvgIpc) is 2.46. The molecule has 25 heavy (non-hydrogen) atoms. The van der Waals surface area contributed by atoms with Crippen molar-refractivity contribution in [2.45, 2.75) is 4.90 Å². The van der Waals surface area contributed by atoms with Crippen LogP contribution in [0.4, 0.5) is 11.4 Å². The molecule has 0 spiro atoms. The molecule has 0 atom stereocenters. The Kier molecular flexibility index (Phi) is 7.37. The molecule has 0 fully saturated rings. The maximum atomic E-state index is 12.2. The van der Waals surface area contributed by atoms with E-state index in [1.165, 1.54) is 0 Å². The Hall–Kier alpha value is -1.21. The fourth-order valence-corrected chi connectivity index (χ4v) is 3.03. The van der Waals surface area contributed by atoms with Gasteiger partial charge < -0.3 is 10.2 Å². The number of carboxylic acids is 1. The zero-order valence-corrected chi connectivity index (χ0v) is 17.3. The van der Waals surface area contributed by atoms with Crippen LogP contribution >= 0.6 is 11.6 Å². The van der Waals surface area contributed by atoms with Gasteiger partial charge >= 0.3 is 57.4 Å². The van der Waals surface area contributed by atoms with Crippen molar-refractivity contribution in [2.75, 3.05) is 4.72 Å². The van der Waals surface area contributed by atoms with E-state index in [2.05, 4.69) is 0 Å². The number of aromatic carboxylic acids is 1. The molecule has 0 aromatic heterocycles. The van der Waals surface area contributed by atoms with E-state index < -0.39 is 42.8 Å². The molecule has 9 nitrogen and oxygen atoms in total. The number of carbonyl (C=O) groups is 1. The first-order chi connectivity index (χ1) is 11.1. The molecule has 0 saturated carbocycles. The van der Waals surface area contributed by atoms with Gasteiger partial charge in [-0.15, -0.1) is 0 Å².